The van der Waals surface area contributed by atoms with Gasteiger partial charge in [0, 0.05) is 37.8 Å². The van der Waals surface area contributed by atoms with Gasteiger partial charge in [0.25, 0.3) is 0 Å². The number of ketones is 1. The minimum absolute atomic E-state index is 0.0762. The number of pyridine rings is 1. The molecule has 174 valence electrons. The molecule has 0 amide bonds. The number of Topliss-reactive ketones (excluding diaryl/α,β-unsaturated/α-hetero) is 1. The van der Waals surface area contributed by atoms with Gasteiger partial charge in [-0.2, -0.15) is 0 Å². The number of hydrogen-bond donors (Lipinski definition) is 1. The zero-order valence-electron chi connectivity index (χ0n) is 20.1. The van der Waals surface area contributed by atoms with Gasteiger partial charge >= 0.3 is 0 Å². The first-order valence-corrected chi connectivity index (χ1v) is 11.1. The van der Waals surface area contributed by atoms with Crippen LogP contribution in [0.25, 0.3) is 11.5 Å². The SMILES string of the molecule is CN(C)CCOc1ccnc(-c2nc3c(c(N(C)CC(=O)CC(C)(C)C)n2)C(O)CC3)c1. The molecule has 0 saturated carbocycles. The standard InChI is InChI=1S/C24H35N5O3/c1-24(2,3)14-16(30)15-29(6)23-21-18(7-8-20(21)31)26-22(27-23)19-13-17(9-10-25-19)32-12-11-28(4)5/h9-10,13,20,31H,7-8,11-12,14-15H2,1-6H3. The van der Waals surface area contributed by atoms with Gasteiger partial charge in [-0.1, -0.05) is 20.8 Å². The fourth-order valence-corrected chi connectivity index (χ4v) is 3.81. The summed E-state index contributed by atoms with van der Waals surface area (Å²) in [6.07, 6.45) is 2.81. The van der Waals surface area contributed by atoms with Crippen LogP contribution in [0, 0.1) is 5.41 Å². The number of carbonyl (C=O) groups excluding carboxylic acids is 1. The van der Waals surface area contributed by atoms with Gasteiger partial charge in [-0.25, -0.2) is 9.97 Å². The van der Waals surface area contributed by atoms with E-state index in [1.54, 1.807) is 6.20 Å². The average Bonchev–Trinajstić information content (AvgIpc) is 3.06. The highest BCUT2D eigenvalue weighted by atomic mass is 16.5. The van der Waals surface area contributed by atoms with Crippen molar-refractivity contribution in [3.8, 4) is 17.3 Å². The second-order valence-corrected chi connectivity index (χ2v) is 9.95. The Morgan fingerprint density at radius 3 is 2.69 bits per heavy atom. The van der Waals surface area contributed by atoms with Crippen molar-refractivity contribution in [3.63, 3.8) is 0 Å². The first kappa shape index (κ1) is 24.1. The third-order valence-electron chi connectivity index (χ3n) is 5.26. The molecule has 2 heterocycles. The van der Waals surface area contributed by atoms with Crippen molar-refractivity contribution in [2.45, 2.75) is 46.1 Å². The first-order chi connectivity index (χ1) is 15.0. The second kappa shape index (κ2) is 9.92. The van der Waals surface area contributed by atoms with E-state index in [2.05, 4.69) is 30.7 Å². The number of aliphatic hydroxyl groups is 1. The third-order valence-corrected chi connectivity index (χ3v) is 5.26. The molecule has 0 fully saturated rings. The Balaban J connectivity index is 1.89. The van der Waals surface area contributed by atoms with Crippen molar-refractivity contribution in [3.05, 3.63) is 29.6 Å². The number of fused-ring (bicyclic) bond motifs is 1. The molecular weight excluding hydrogens is 406 g/mol. The van der Waals surface area contributed by atoms with Crippen LogP contribution in [0.2, 0.25) is 0 Å². The second-order valence-electron chi connectivity index (χ2n) is 9.95. The van der Waals surface area contributed by atoms with Gasteiger partial charge in [0.1, 0.15) is 23.9 Å². The van der Waals surface area contributed by atoms with Crippen LogP contribution >= 0.6 is 0 Å². The molecule has 1 aliphatic carbocycles. The average molecular weight is 442 g/mol. The molecule has 8 nitrogen and oxygen atoms in total. The number of nitrogens with zero attached hydrogens (tertiary/aromatic N) is 5. The smallest absolute Gasteiger partial charge is 0.180 e. The van der Waals surface area contributed by atoms with Crippen LogP contribution in [0.3, 0.4) is 0 Å². The van der Waals surface area contributed by atoms with Gasteiger partial charge in [-0.15, -0.1) is 0 Å². The largest absolute Gasteiger partial charge is 0.492 e. The molecule has 0 aliphatic heterocycles. The normalized spacial score (nSPS) is 15.7. The van der Waals surface area contributed by atoms with E-state index in [9.17, 15) is 9.90 Å². The number of aryl methyl sites for hydroxylation is 1. The van der Waals surface area contributed by atoms with Gasteiger partial charge in [-0.3, -0.25) is 9.78 Å². The molecule has 0 aromatic carbocycles. The van der Waals surface area contributed by atoms with Gasteiger partial charge in [0.2, 0.25) is 0 Å². The number of rotatable bonds is 9. The number of aliphatic hydroxyl groups excluding tert-OH is 1. The van der Waals surface area contributed by atoms with Crippen molar-refractivity contribution in [1.82, 2.24) is 19.9 Å². The summed E-state index contributed by atoms with van der Waals surface area (Å²) in [6, 6.07) is 3.64. The summed E-state index contributed by atoms with van der Waals surface area (Å²) in [5.41, 5.74) is 2.06. The van der Waals surface area contributed by atoms with Crippen molar-refractivity contribution in [1.29, 1.82) is 0 Å². The molecular formula is C24H35N5O3. The molecule has 1 aliphatic rings. The predicted molar refractivity (Wildman–Crippen MR) is 125 cm³/mol. The minimum atomic E-state index is -0.622. The van der Waals surface area contributed by atoms with Crippen LogP contribution in [0.5, 0.6) is 5.75 Å². The van der Waals surface area contributed by atoms with Crippen LogP contribution in [-0.2, 0) is 11.2 Å². The quantitative estimate of drug-likeness (QED) is 0.635. The summed E-state index contributed by atoms with van der Waals surface area (Å²) in [6.45, 7) is 7.76. The maximum Gasteiger partial charge on any atom is 0.180 e. The Morgan fingerprint density at radius 2 is 2.00 bits per heavy atom. The number of aromatic nitrogens is 3. The number of likely N-dealkylation sites (N-methyl/N-ethyl adjacent to an activating group) is 2. The topological polar surface area (TPSA) is 91.7 Å². The van der Waals surface area contributed by atoms with Crippen LogP contribution in [0.15, 0.2) is 18.3 Å². The van der Waals surface area contributed by atoms with Crippen LogP contribution in [-0.4, -0.2) is 71.6 Å². The molecule has 1 N–H and O–H groups in total. The fraction of sp³-hybridized carbons (Fsp3) is 0.583. The highest BCUT2D eigenvalue weighted by molar-refractivity contribution is 5.84. The van der Waals surface area contributed by atoms with E-state index in [0.29, 0.717) is 49.0 Å². The zero-order valence-corrected chi connectivity index (χ0v) is 20.1. The maximum absolute atomic E-state index is 12.6. The maximum atomic E-state index is 12.6. The summed E-state index contributed by atoms with van der Waals surface area (Å²) < 4.78 is 5.83. The monoisotopic (exact) mass is 441 g/mol. The highest BCUT2D eigenvalue weighted by Crippen LogP contribution is 2.37. The lowest BCUT2D eigenvalue weighted by Crippen LogP contribution is -2.30. The molecule has 32 heavy (non-hydrogen) atoms. The van der Waals surface area contributed by atoms with E-state index in [0.717, 1.165) is 17.8 Å². The fourth-order valence-electron chi connectivity index (χ4n) is 3.81. The summed E-state index contributed by atoms with van der Waals surface area (Å²) in [5, 5.41) is 10.5. The van der Waals surface area contributed by atoms with Crippen LogP contribution in [0.1, 0.15) is 51.0 Å². The van der Waals surface area contributed by atoms with Gasteiger partial charge in [0.15, 0.2) is 11.6 Å². The van der Waals surface area contributed by atoms with Crippen molar-refractivity contribution >= 4 is 11.6 Å². The highest BCUT2D eigenvalue weighted by Gasteiger charge is 2.30. The number of ether oxygens (including phenoxy) is 1. The summed E-state index contributed by atoms with van der Waals surface area (Å²) >= 11 is 0. The van der Waals surface area contributed by atoms with E-state index in [1.165, 1.54) is 0 Å². The third kappa shape index (κ3) is 6.23. The Kier molecular flexibility index (Phi) is 7.46. The van der Waals surface area contributed by atoms with Gasteiger partial charge in [-0.05, 0) is 38.4 Å². The Labute approximate surface area is 190 Å². The van der Waals surface area contributed by atoms with Crippen LogP contribution < -0.4 is 9.64 Å². The Bertz CT molecular complexity index is 955. The summed E-state index contributed by atoms with van der Waals surface area (Å²) in [4.78, 5) is 30.4. The van der Waals surface area contributed by atoms with Crippen molar-refractivity contribution in [2.24, 2.45) is 5.41 Å². The van der Waals surface area contributed by atoms with Crippen molar-refractivity contribution in [2.75, 3.05) is 45.7 Å². The number of hydrogen-bond acceptors (Lipinski definition) is 8. The molecule has 8 heteroatoms. The van der Waals surface area contributed by atoms with E-state index in [4.69, 9.17) is 14.7 Å². The molecule has 1 unspecified atom stereocenters. The van der Waals surface area contributed by atoms with E-state index < -0.39 is 6.10 Å². The lowest BCUT2D eigenvalue weighted by Gasteiger charge is -2.24. The van der Waals surface area contributed by atoms with E-state index >= 15 is 0 Å². The number of anilines is 1. The van der Waals surface area contributed by atoms with Crippen LogP contribution in [0.4, 0.5) is 5.82 Å². The van der Waals surface area contributed by atoms with Gasteiger partial charge < -0.3 is 19.6 Å². The molecule has 0 bridgehead atoms. The molecule has 1 atom stereocenters. The zero-order chi connectivity index (χ0) is 23.5. The lowest BCUT2D eigenvalue weighted by atomic mass is 9.90. The molecule has 2 aromatic rings. The van der Waals surface area contributed by atoms with E-state index in [1.807, 2.05) is 38.2 Å². The molecule has 0 radical (unpaired) electrons. The Hall–Kier alpha value is -2.58. The molecule has 0 spiro atoms. The van der Waals surface area contributed by atoms with Gasteiger partial charge in [0.05, 0.1) is 18.3 Å². The summed E-state index contributed by atoms with van der Waals surface area (Å²) in [7, 11) is 5.84. The summed E-state index contributed by atoms with van der Waals surface area (Å²) in [5.74, 6) is 1.91. The lowest BCUT2D eigenvalue weighted by molar-refractivity contribution is -0.119. The first-order valence-electron chi connectivity index (χ1n) is 11.1. The Morgan fingerprint density at radius 1 is 1.25 bits per heavy atom. The minimum Gasteiger partial charge on any atom is -0.492 e. The van der Waals surface area contributed by atoms with E-state index in [-0.39, 0.29) is 17.7 Å². The molecule has 0 saturated heterocycles. The van der Waals surface area contributed by atoms with Crippen molar-refractivity contribution < 1.29 is 14.6 Å². The predicted octanol–water partition coefficient (Wildman–Crippen LogP) is 2.90. The molecule has 3 rings (SSSR count). The molecule has 2 aromatic heterocycles. The number of carbonyl (C=O) groups is 1.